The highest BCUT2D eigenvalue weighted by atomic mass is 32.1. The Morgan fingerprint density at radius 3 is 2.67 bits per heavy atom. The molecule has 3 aromatic rings. The number of likely N-dealkylation sites (tertiary alicyclic amines) is 1. The second-order valence-electron chi connectivity index (χ2n) is 7.72. The van der Waals surface area contributed by atoms with Gasteiger partial charge in [0.05, 0.1) is 20.8 Å². The lowest BCUT2D eigenvalue weighted by Gasteiger charge is -2.31. The lowest BCUT2D eigenvalue weighted by Crippen LogP contribution is -2.41. The molecular formula is C23H25N3O3S. The van der Waals surface area contributed by atoms with Crippen LogP contribution in [0.2, 0.25) is 0 Å². The first kappa shape index (κ1) is 20.3. The number of esters is 1. The van der Waals surface area contributed by atoms with E-state index in [9.17, 15) is 9.59 Å². The van der Waals surface area contributed by atoms with Crippen molar-refractivity contribution in [2.24, 2.45) is 0 Å². The molecule has 1 atom stereocenters. The van der Waals surface area contributed by atoms with Crippen LogP contribution in [0.15, 0.2) is 48.5 Å². The highest BCUT2D eigenvalue weighted by Gasteiger charge is 2.27. The number of carbonyl (C=O) groups is 2. The van der Waals surface area contributed by atoms with E-state index < -0.39 is 5.97 Å². The van der Waals surface area contributed by atoms with Gasteiger partial charge in [-0.1, -0.05) is 12.1 Å². The van der Waals surface area contributed by atoms with E-state index in [1.54, 1.807) is 28.4 Å². The summed E-state index contributed by atoms with van der Waals surface area (Å²) in [4.78, 5) is 33.4. The van der Waals surface area contributed by atoms with Gasteiger partial charge in [0, 0.05) is 38.8 Å². The second-order valence-corrected chi connectivity index (χ2v) is 8.78. The molecule has 4 rings (SSSR count). The fourth-order valence-electron chi connectivity index (χ4n) is 3.67. The summed E-state index contributed by atoms with van der Waals surface area (Å²) in [7, 11) is 3.87. The number of nitrogens with zero attached hydrogens (tertiary/aromatic N) is 3. The fourth-order valence-corrected chi connectivity index (χ4v) is 4.76. The Labute approximate surface area is 180 Å². The molecule has 0 radical (unpaired) electrons. The van der Waals surface area contributed by atoms with Crippen molar-refractivity contribution in [3.63, 3.8) is 0 Å². The van der Waals surface area contributed by atoms with E-state index in [0.717, 1.165) is 29.1 Å². The zero-order valence-corrected chi connectivity index (χ0v) is 18.0. The highest BCUT2D eigenvalue weighted by Crippen LogP contribution is 2.33. The summed E-state index contributed by atoms with van der Waals surface area (Å²) in [6, 6.07) is 15.2. The summed E-state index contributed by atoms with van der Waals surface area (Å²) in [5, 5.41) is 1.08. The van der Waals surface area contributed by atoms with Crippen molar-refractivity contribution in [3.05, 3.63) is 59.1 Å². The van der Waals surface area contributed by atoms with Crippen molar-refractivity contribution in [1.29, 1.82) is 0 Å². The van der Waals surface area contributed by atoms with E-state index in [-0.39, 0.29) is 18.4 Å². The van der Waals surface area contributed by atoms with Crippen LogP contribution in [-0.2, 0) is 9.53 Å². The quantitative estimate of drug-likeness (QED) is 0.582. The molecule has 1 saturated heterocycles. The Bertz CT molecular complexity index is 1010. The molecule has 30 heavy (non-hydrogen) atoms. The minimum absolute atomic E-state index is 0.154. The van der Waals surface area contributed by atoms with Crippen molar-refractivity contribution in [3.8, 4) is 0 Å². The van der Waals surface area contributed by atoms with Gasteiger partial charge >= 0.3 is 5.97 Å². The van der Waals surface area contributed by atoms with Gasteiger partial charge in [0.25, 0.3) is 5.91 Å². The van der Waals surface area contributed by atoms with Gasteiger partial charge in [-0.2, -0.15) is 0 Å². The van der Waals surface area contributed by atoms with Crippen LogP contribution in [0.3, 0.4) is 0 Å². The van der Waals surface area contributed by atoms with Crippen molar-refractivity contribution in [2.75, 3.05) is 38.7 Å². The Hall–Kier alpha value is -2.93. The number of amides is 1. The number of anilines is 1. The molecule has 1 aromatic heterocycles. The first-order valence-corrected chi connectivity index (χ1v) is 10.9. The second kappa shape index (κ2) is 8.83. The van der Waals surface area contributed by atoms with Gasteiger partial charge in [0.15, 0.2) is 6.61 Å². The summed E-state index contributed by atoms with van der Waals surface area (Å²) >= 11 is 1.70. The minimum atomic E-state index is -0.478. The SMILES string of the molecule is CN(C)c1ccc(C(=O)OCC(=O)N2CCC[C@@H](c3nc4ccccc4s3)C2)cc1. The Balaban J connectivity index is 1.34. The van der Waals surface area contributed by atoms with Crippen LogP contribution >= 0.6 is 11.3 Å². The summed E-state index contributed by atoms with van der Waals surface area (Å²) in [6.07, 6.45) is 1.94. The molecule has 2 heterocycles. The first-order chi connectivity index (χ1) is 14.5. The predicted octanol–water partition coefficient (Wildman–Crippen LogP) is 3.93. The van der Waals surface area contributed by atoms with E-state index in [4.69, 9.17) is 9.72 Å². The number of hydrogen-bond donors (Lipinski definition) is 0. The summed E-state index contributed by atoms with van der Waals surface area (Å²) in [5.41, 5.74) is 2.45. The van der Waals surface area contributed by atoms with Gasteiger partial charge in [-0.05, 0) is 49.2 Å². The third-order valence-corrected chi connectivity index (χ3v) is 6.58. The van der Waals surface area contributed by atoms with Gasteiger partial charge < -0.3 is 14.5 Å². The molecule has 156 valence electrons. The van der Waals surface area contributed by atoms with Crippen molar-refractivity contribution in [1.82, 2.24) is 9.88 Å². The van der Waals surface area contributed by atoms with Gasteiger partial charge in [-0.15, -0.1) is 11.3 Å². The van der Waals surface area contributed by atoms with E-state index in [1.807, 2.05) is 49.3 Å². The molecule has 1 amide bonds. The molecule has 7 heteroatoms. The predicted molar refractivity (Wildman–Crippen MR) is 119 cm³/mol. The third kappa shape index (κ3) is 4.46. The molecule has 0 N–H and O–H groups in total. The minimum Gasteiger partial charge on any atom is -0.452 e. The van der Waals surface area contributed by atoms with Crippen LogP contribution in [-0.4, -0.2) is 55.6 Å². The number of thiazole rings is 1. The Morgan fingerprint density at radius 1 is 1.17 bits per heavy atom. The average Bonchev–Trinajstić information content (AvgIpc) is 3.22. The Kier molecular flexibility index (Phi) is 5.99. The van der Waals surface area contributed by atoms with E-state index in [0.29, 0.717) is 18.7 Å². The number of para-hydroxylation sites is 1. The van der Waals surface area contributed by atoms with Crippen LogP contribution in [0, 0.1) is 0 Å². The summed E-state index contributed by atoms with van der Waals surface area (Å²) < 4.78 is 6.45. The monoisotopic (exact) mass is 423 g/mol. The molecule has 0 aliphatic carbocycles. The number of piperidine rings is 1. The summed E-state index contributed by atoms with van der Waals surface area (Å²) in [5.74, 6) is -0.401. The van der Waals surface area contributed by atoms with Crippen LogP contribution in [0.4, 0.5) is 5.69 Å². The number of aromatic nitrogens is 1. The average molecular weight is 424 g/mol. The zero-order valence-electron chi connectivity index (χ0n) is 17.2. The first-order valence-electron chi connectivity index (χ1n) is 10.1. The molecule has 0 bridgehead atoms. The van der Waals surface area contributed by atoms with Crippen molar-refractivity contribution in [2.45, 2.75) is 18.8 Å². The van der Waals surface area contributed by atoms with Crippen LogP contribution in [0.5, 0.6) is 0 Å². The van der Waals surface area contributed by atoms with Gasteiger partial charge in [0.2, 0.25) is 0 Å². The number of ether oxygens (including phenoxy) is 1. The number of carbonyl (C=O) groups excluding carboxylic acids is 2. The molecule has 6 nitrogen and oxygen atoms in total. The summed E-state index contributed by atoms with van der Waals surface area (Å²) in [6.45, 7) is 1.07. The van der Waals surface area contributed by atoms with E-state index >= 15 is 0 Å². The molecule has 0 unspecified atom stereocenters. The molecule has 0 saturated carbocycles. The maximum Gasteiger partial charge on any atom is 0.338 e. The van der Waals surface area contributed by atoms with Crippen molar-refractivity contribution >= 4 is 39.1 Å². The van der Waals surface area contributed by atoms with Crippen LogP contribution in [0.25, 0.3) is 10.2 Å². The van der Waals surface area contributed by atoms with Crippen LogP contribution < -0.4 is 4.90 Å². The normalized spacial score (nSPS) is 16.5. The highest BCUT2D eigenvalue weighted by molar-refractivity contribution is 7.18. The molecular weight excluding hydrogens is 398 g/mol. The topological polar surface area (TPSA) is 62.7 Å². The largest absolute Gasteiger partial charge is 0.452 e. The molecule has 1 aliphatic heterocycles. The molecule has 1 fully saturated rings. The van der Waals surface area contributed by atoms with Gasteiger partial charge in [-0.25, -0.2) is 9.78 Å². The molecule has 2 aromatic carbocycles. The fraction of sp³-hybridized carbons (Fsp3) is 0.348. The maximum absolute atomic E-state index is 12.7. The smallest absolute Gasteiger partial charge is 0.338 e. The third-order valence-electron chi connectivity index (χ3n) is 5.38. The van der Waals surface area contributed by atoms with Gasteiger partial charge in [0.1, 0.15) is 0 Å². The van der Waals surface area contributed by atoms with E-state index in [1.165, 1.54) is 4.70 Å². The Morgan fingerprint density at radius 2 is 1.93 bits per heavy atom. The zero-order chi connectivity index (χ0) is 21.1. The number of rotatable bonds is 5. The number of fused-ring (bicyclic) bond motifs is 1. The van der Waals surface area contributed by atoms with Crippen molar-refractivity contribution < 1.29 is 14.3 Å². The lowest BCUT2D eigenvalue weighted by molar-refractivity contribution is -0.135. The number of benzene rings is 2. The van der Waals surface area contributed by atoms with Gasteiger partial charge in [-0.3, -0.25) is 4.79 Å². The maximum atomic E-state index is 12.7. The molecule has 0 spiro atoms. The standard InChI is InChI=1S/C23H25N3O3S/c1-25(2)18-11-9-16(10-12-18)23(28)29-15-21(27)26-13-5-6-17(14-26)22-24-19-7-3-4-8-20(19)30-22/h3-4,7-12,17H,5-6,13-15H2,1-2H3/t17-/m1/s1. The molecule has 1 aliphatic rings. The lowest BCUT2D eigenvalue weighted by atomic mass is 9.99. The number of hydrogen-bond acceptors (Lipinski definition) is 6. The van der Waals surface area contributed by atoms with E-state index in [2.05, 4.69) is 6.07 Å². The van der Waals surface area contributed by atoms with Crippen LogP contribution in [0.1, 0.15) is 34.1 Å².